The summed E-state index contributed by atoms with van der Waals surface area (Å²) in [4.78, 5) is 12.2. The van der Waals surface area contributed by atoms with E-state index in [0.29, 0.717) is 0 Å². The van der Waals surface area contributed by atoms with Crippen LogP contribution in [0.2, 0.25) is 0 Å². The minimum Gasteiger partial charge on any atom is -0.491 e. The van der Waals surface area contributed by atoms with Gasteiger partial charge in [0.25, 0.3) is 0 Å². The number of amides is 1. The normalized spacial score (nSPS) is 24.5. The average molecular weight is 344 g/mol. The van der Waals surface area contributed by atoms with E-state index in [-0.39, 0.29) is 30.7 Å². The Kier molecular flexibility index (Phi) is 5.74. The van der Waals surface area contributed by atoms with Crippen molar-refractivity contribution in [1.29, 1.82) is 0 Å². The second kappa shape index (κ2) is 7.42. The third-order valence-corrected chi connectivity index (χ3v) is 4.42. The Bertz CT molecular complexity index is 573. The summed E-state index contributed by atoms with van der Waals surface area (Å²) >= 11 is 0. The van der Waals surface area contributed by atoms with Gasteiger partial charge in [-0.3, -0.25) is 4.79 Å². The van der Waals surface area contributed by atoms with E-state index in [2.05, 4.69) is 5.32 Å². The van der Waals surface area contributed by atoms with Gasteiger partial charge in [-0.25, -0.2) is 0 Å². The van der Waals surface area contributed by atoms with Gasteiger partial charge in [-0.15, -0.1) is 0 Å². The summed E-state index contributed by atoms with van der Waals surface area (Å²) < 4.78 is 43.7. The van der Waals surface area contributed by atoms with E-state index < -0.39 is 17.3 Å². The van der Waals surface area contributed by atoms with Crippen LogP contribution in [0.15, 0.2) is 24.3 Å². The third kappa shape index (κ3) is 4.63. The van der Waals surface area contributed by atoms with E-state index in [0.717, 1.165) is 31.7 Å². The van der Waals surface area contributed by atoms with Crippen molar-refractivity contribution < 1.29 is 22.7 Å². The number of nitrogens with one attached hydrogen (secondary N) is 1. The van der Waals surface area contributed by atoms with Crippen LogP contribution in [0.4, 0.5) is 13.2 Å². The number of nitrogens with two attached hydrogens (primary N) is 1. The molecule has 0 bridgehead atoms. The summed E-state index contributed by atoms with van der Waals surface area (Å²) in [5.74, 6) is -0.665. The van der Waals surface area contributed by atoms with E-state index >= 15 is 0 Å². The second-order valence-corrected chi connectivity index (χ2v) is 6.44. The van der Waals surface area contributed by atoms with Crippen LogP contribution in [0.3, 0.4) is 0 Å². The van der Waals surface area contributed by atoms with Gasteiger partial charge in [0.1, 0.15) is 12.4 Å². The molecule has 1 aromatic carbocycles. The standard InChI is InChI=1S/C17H23F3N2O2/c1-16(21)9-5-4-7-13(16)15(23)22-10-11-24-14-8-3-2-6-12(14)17(18,19)20/h2-3,6,8,13H,4-5,7,9-11,21H2,1H3,(H,22,23). The summed E-state index contributed by atoms with van der Waals surface area (Å²) in [5, 5.41) is 2.71. The fraction of sp³-hybridized carbons (Fsp3) is 0.588. The molecule has 1 aliphatic rings. The molecule has 1 fully saturated rings. The van der Waals surface area contributed by atoms with Gasteiger partial charge in [-0.05, 0) is 31.9 Å². The highest BCUT2D eigenvalue weighted by molar-refractivity contribution is 5.80. The van der Waals surface area contributed by atoms with Gasteiger partial charge in [0.05, 0.1) is 18.0 Å². The minimum absolute atomic E-state index is 0.0349. The molecule has 1 saturated carbocycles. The van der Waals surface area contributed by atoms with E-state index in [9.17, 15) is 18.0 Å². The molecule has 1 aliphatic carbocycles. The van der Waals surface area contributed by atoms with E-state index in [1.165, 1.54) is 18.2 Å². The van der Waals surface area contributed by atoms with Crippen LogP contribution in [-0.4, -0.2) is 24.6 Å². The molecule has 24 heavy (non-hydrogen) atoms. The van der Waals surface area contributed by atoms with Crippen molar-refractivity contribution in [2.45, 2.75) is 44.3 Å². The van der Waals surface area contributed by atoms with Gasteiger partial charge >= 0.3 is 6.18 Å². The molecule has 134 valence electrons. The molecule has 7 heteroatoms. The van der Waals surface area contributed by atoms with Gasteiger partial charge in [0.2, 0.25) is 5.91 Å². The summed E-state index contributed by atoms with van der Waals surface area (Å²) in [7, 11) is 0. The molecule has 2 rings (SSSR count). The minimum atomic E-state index is -4.47. The second-order valence-electron chi connectivity index (χ2n) is 6.44. The third-order valence-electron chi connectivity index (χ3n) is 4.42. The molecule has 0 aromatic heterocycles. The first-order chi connectivity index (χ1) is 11.2. The average Bonchev–Trinajstić information content (AvgIpc) is 2.50. The Balaban J connectivity index is 1.84. The quantitative estimate of drug-likeness (QED) is 0.807. The molecule has 2 atom stereocenters. The number of alkyl halides is 3. The molecule has 1 amide bonds. The Hall–Kier alpha value is -1.76. The number of rotatable bonds is 5. The SMILES string of the molecule is CC1(N)CCCCC1C(=O)NCCOc1ccccc1C(F)(F)F. The molecular formula is C17H23F3N2O2. The van der Waals surface area contributed by atoms with Gasteiger partial charge < -0.3 is 15.8 Å². The Labute approximate surface area is 139 Å². The Morgan fingerprint density at radius 2 is 2.08 bits per heavy atom. The summed E-state index contributed by atoms with van der Waals surface area (Å²) in [5.41, 5.74) is 4.81. The lowest BCUT2D eigenvalue weighted by Crippen LogP contribution is -2.53. The Morgan fingerprint density at radius 3 is 2.75 bits per heavy atom. The highest BCUT2D eigenvalue weighted by atomic mass is 19.4. The fourth-order valence-corrected chi connectivity index (χ4v) is 3.07. The van der Waals surface area contributed by atoms with Crippen LogP contribution >= 0.6 is 0 Å². The van der Waals surface area contributed by atoms with Crippen molar-refractivity contribution in [1.82, 2.24) is 5.32 Å². The fourth-order valence-electron chi connectivity index (χ4n) is 3.07. The van der Waals surface area contributed by atoms with Crippen molar-refractivity contribution >= 4 is 5.91 Å². The van der Waals surface area contributed by atoms with Crippen LogP contribution in [-0.2, 0) is 11.0 Å². The number of carbonyl (C=O) groups excluding carboxylic acids is 1. The van der Waals surface area contributed by atoms with E-state index in [1.807, 2.05) is 6.92 Å². The number of hydrogen-bond acceptors (Lipinski definition) is 3. The van der Waals surface area contributed by atoms with E-state index in [1.54, 1.807) is 0 Å². The van der Waals surface area contributed by atoms with Crippen LogP contribution < -0.4 is 15.8 Å². The maximum Gasteiger partial charge on any atom is 0.419 e. The molecule has 2 unspecified atom stereocenters. The number of para-hydroxylation sites is 1. The predicted molar refractivity (Wildman–Crippen MR) is 84.5 cm³/mol. The molecule has 0 heterocycles. The molecule has 0 aliphatic heterocycles. The number of benzene rings is 1. The van der Waals surface area contributed by atoms with Crippen LogP contribution in [0.1, 0.15) is 38.2 Å². The van der Waals surface area contributed by atoms with Crippen molar-refractivity contribution in [3.8, 4) is 5.75 Å². The maximum atomic E-state index is 12.9. The number of hydrogen-bond donors (Lipinski definition) is 2. The summed E-state index contributed by atoms with van der Waals surface area (Å²) in [6.45, 7) is 1.97. The van der Waals surface area contributed by atoms with Crippen molar-refractivity contribution in [2.75, 3.05) is 13.2 Å². The highest BCUT2D eigenvalue weighted by Gasteiger charge is 2.37. The number of ether oxygens (including phenoxy) is 1. The molecule has 4 nitrogen and oxygen atoms in total. The Morgan fingerprint density at radius 1 is 1.38 bits per heavy atom. The molecule has 0 saturated heterocycles. The first-order valence-corrected chi connectivity index (χ1v) is 8.07. The maximum absolute atomic E-state index is 12.9. The number of carbonyl (C=O) groups is 1. The lowest BCUT2D eigenvalue weighted by Gasteiger charge is -2.37. The van der Waals surface area contributed by atoms with Crippen molar-refractivity contribution in [2.24, 2.45) is 11.7 Å². The summed E-state index contributed by atoms with van der Waals surface area (Å²) in [6, 6.07) is 5.02. The zero-order chi connectivity index (χ0) is 17.8. The zero-order valence-electron chi connectivity index (χ0n) is 13.7. The molecular weight excluding hydrogens is 321 g/mol. The van der Waals surface area contributed by atoms with Gasteiger partial charge in [0.15, 0.2) is 0 Å². The van der Waals surface area contributed by atoms with E-state index in [4.69, 9.17) is 10.5 Å². The summed E-state index contributed by atoms with van der Waals surface area (Å²) in [6.07, 6.45) is -0.977. The molecule has 3 N–H and O–H groups in total. The molecule has 1 aromatic rings. The van der Waals surface area contributed by atoms with Crippen LogP contribution in [0.5, 0.6) is 5.75 Å². The lowest BCUT2D eigenvalue weighted by molar-refractivity contribution is -0.139. The van der Waals surface area contributed by atoms with Gasteiger partial charge in [0, 0.05) is 5.54 Å². The zero-order valence-corrected chi connectivity index (χ0v) is 13.7. The molecule has 0 radical (unpaired) electrons. The van der Waals surface area contributed by atoms with Gasteiger partial charge in [-0.1, -0.05) is 25.0 Å². The number of halogens is 3. The monoisotopic (exact) mass is 344 g/mol. The highest BCUT2D eigenvalue weighted by Crippen LogP contribution is 2.36. The first-order valence-electron chi connectivity index (χ1n) is 8.07. The van der Waals surface area contributed by atoms with Crippen molar-refractivity contribution in [3.63, 3.8) is 0 Å². The predicted octanol–water partition coefficient (Wildman–Crippen LogP) is 3.11. The first kappa shape index (κ1) is 18.6. The van der Waals surface area contributed by atoms with Gasteiger partial charge in [-0.2, -0.15) is 13.2 Å². The topological polar surface area (TPSA) is 64.4 Å². The lowest BCUT2D eigenvalue weighted by atomic mass is 9.74. The molecule has 0 spiro atoms. The van der Waals surface area contributed by atoms with Crippen LogP contribution in [0, 0.1) is 5.92 Å². The largest absolute Gasteiger partial charge is 0.491 e. The van der Waals surface area contributed by atoms with Crippen LogP contribution in [0.25, 0.3) is 0 Å². The van der Waals surface area contributed by atoms with Crippen molar-refractivity contribution in [3.05, 3.63) is 29.8 Å². The smallest absolute Gasteiger partial charge is 0.419 e.